The van der Waals surface area contributed by atoms with Crippen LogP contribution in [0.5, 0.6) is 0 Å². The van der Waals surface area contributed by atoms with E-state index in [0.717, 1.165) is 7.11 Å². The fourth-order valence-electron chi connectivity index (χ4n) is 0. The molecule has 0 bridgehead atoms. The second-order valence-corrected chi connectivity index (χ2v) is 0.316. The second-order valence-electron chi connectivity index (χ2n) is 0.316. The number of hydrogen-bond acceptors (Lipinski definition) is 2. The first-order chi connectivity index (χ1) is 2.41. The molecule has 0 aliphatic rings. The first kappa shape index (κ1) is 15.7. The van der Waals surface area contributed by atoms with Crippen molar-refractivity contribution in [2.75, 3.05) is 13.7 Å². The van der Waals surface area contributed by atoms with Crippen LogP contribution in [0.25, 0.3) is 0 Å². The summed E-state index contributed by atoms with van der Waals surface area (Å²) in [5.41, 5.74) is 0. The predicted octanol–water partition coefficient (Wildman–Crippen LogP) is -0.393. The first-order valence-electron chi connectivity index (χ1n) is 1.47. The molecule has 1 radical (unpaired) electrons. The Hall–Kier alpha value is 1.28. The van der Waals surface area contributed by atoms with E-state index in [0.29, 0.717) is 0 Å². The molecule has 2 nitrogen and oxygen atoms in total. The van der Waals surface area contributed by atoms with Crippen LogP contribution >= 0.6 is 0 Å². The molecule has 6 heavy (non-hydrogen) atoms. The fourth-order valence-corrected chi connectivity index (χ4v) is 0. The van der Waals surface area contributed by atoms with Crippen LogP contribution in [0.3, 0.4) is 0 Å². The molecule has 3 heteroatoms. The molecule has 0 aliphatic carbocycles. The fraction of sp³-hybridized carbons (Fsp3) is 1.00. The normalized spacial score (nSPS) is 4.00. The summed E-state index contributed by atoms with van der Waals surface area (Å²) in [6, 6.07) is 0. The minimum atomic E-state index is 0. The van der Waals surface area contributed by atoms with Crippen LogP contribution in [0.2, 0.25) is 0 Å². The number of rotatable bonds is 0. The Kier molecular flexibility index (Phi) is 87.9. The summed E-state index contributed by atoms with van der Waals surface area (Å²) in [5, 5.41) is 14.6. The molecule has 0 saturated heterocycles. The van der Waals surface area contributed by atoms with Gasteiger partial charge in [-0.25, -0.2) is 0 Å². The summed E-state index contributed by atoms with van der Waals surface area (Å²) in [6.45, 7) is 1.93. The van der Waals surface area contributed by atoms with Crippen molar-refractivity contribution in [2.45, 2.75) is 6.92 Å². The molecule has 0 heterocycles. The van der Waals surface area contributed by atoms with E-state index in [-0.39, 0.29) is 47.9 Å². The summed E-state index contributed by atoms with van der Waals surface area (Å²) in [5.74, 6) is 0. The van der Waals surface area contributed by atoms with E-state index in [1.165, 1.54) is 0 Å². The van der Waals surface area contributed by atoms with Gasteiger partial charge in [0, 0.05) is 55.0 Å². The average molecular weight is 219 g/mol. The molecule has 0 amide bonds. The summed E-state index contributed by atoms with van der Waals surface area (Å²) in [7, 11) is 1.00. The maximum Gasteiger partial charge on any atom is 0.0402 e. The molecule has 0 saturated carbocycles. The number of hydrogen-bond donors (Lipinski definition) is 2. The summed E-state index contributed by atoms with van der Waals surface area (Å²) >= 11 is 0. The van der Waals surface area contributed by atoms with Crippen molar-refractivity contribution in [1.29, 1.82) is 0 Å². The van der Waals surface area contributed by atoms with Gasteiger partial charge in [0.1, 0.15) is 0 Å². The van der Waals surface area contributed by atoms with E-state index >= 15 is 0 Å². The van der Waals surface area contributed by atoms with Crippen LogP contribution < -0.4 is 0 Å². The van der Waals surface area contributed by atoms with Crippen molar-refractivity contribution in [3.63, 3.8) is 0 Å². The van der Waals surface area contributed by atoms with Gasteiger partial charge < -0.3 is 10.2 Å². The monoisotopic (exact) mass is 219 g/mol. The number of aliphatic hydroxyl groups is 2. The zero-order valence-corrected chi connectivity index (χ0v) is 7.88. The molecule has 37 valence electrons. The van der Waals surface area contributed by atoms with Crippen molar-refractivity contribution in [1.82, 2.24) is 0 Å². The van der Waals surface area contributed by atoms with E-state index in [2.05, 4.69) is 0 Å². The molecule has 0 fully saturated rings. The Bertz CT molecular complexity index is 8.75. The van der Waals surface area contributed by atoms with E-state index in [1.807, 2.05) is 0 Å². The van der Waals surface area contributed by atoms with Crippen LogP contribution in [-0.2, 0) is 0 Å². The van der Waals surface area contributed by atoms with Crippen molar-refractivity contribution in [3.8, 4) is 0 Å². The predicted molar refractivity (Wildman–Crippen MR) is 20.9 cm³/mol. The molecular weight excluding hydrogens is 209 g/mol. The Labute approximate surface area is 71.5 Å². The SMILES string of the molecule is CCO.CO.[Pr]. The van der Waals surface area contributed by atoms with Crippen molar-refractivity contribution in [2.24, 2.45) is 0 Å². The maximum absolute atomic E-state index is 7.57. The molecule has 0 atom stereocenters. The third-order valence-electron chi connectivity index (χ3n) is 0. The van der Waals surface area contributed by atoms with E-state index < -0.39 is 0 Å². The molecule has 0 aliphatic heterocycles. The largest absolute Gasteiger partial charge is 0.400 e. The minimum absolute atomic E-state index is 0. The van der Waals surface area contributed by atoms with Gasteiger partial charge >= 0.3 is 0 Å². The Morgan fingerprint density at radius 3 is 1.33 bits per heavy atom. The molecule has 0 spiro atoms. The van der Waals surface area contributed by atoms with Crippen molar-refractivity contribution >= 4 is 0 Å². The smallest absolute Gasteiger partial charge is 0.0402 e. The molecule has 0 aromatic rings. The summed E-state index contributed by atoms with van der Waals surface area (Å²) < 4.78 is 0. The minimum Gasteiger partial charge on any atom is -0.400 e. The van der Waals surface area contributed by atoms with Gasteiger partial charge in [0.15, 0.2) is 0 Å². The quantitative estimate of drug-likeness (QED) is 0.582. The van der Waals surface area contributed by atoms with Crippen LogP contribution in [0.1, 0.15) is 6.92 Å². The van der Waals surface area contributed by atoms with Gasteiger partial charge in [0.05, 0.1) is 0 Å². The van der Waals surface area contributed by atoms with Gasteiger partial charge in [-0.2, -0.15) is 0 Å². The third-order valence-corrected chi connectivity index (χ3v) is 0. The third kappa shape index (κ3) is 58.8. The Balaban J connectivity index is -0.0000000275. The Morgan fingerprint density at radius 2 is 1.33 bits per heavy atom. The standard InChI is InChI=1S/C2H6O.CH4O.Pr/c1-2-3;1-2;/h3H,2H2,1H3;2H,1H3;. The summed E-state index contributed by atoms with van der Waals surface area (Å²) in [6.07, 6.45) is 0. The molecule has 0 unspecified atom stereocenters. The second kappa shape index (κ2) is 33.6. The van der Waals surface area contributed by atoms with Crippen LogP contribution in [-0.4, -0.2) is 23.9 Å². The molecule has 2 N–H and O–H groups in total. The zero-order valence-electron chi connectivity index (χ0n) is 4.18. The van der Waals surface area contributed by atoms with Crippen molar-refractivity contribution in [3.05, 3.63) is 0 Å². The van der Waals surface area contributed by atoms with Crippen LogP contribution in [0.15, 0.2) is 0 Å². The van der Waals surface area contributed by atoms with Crippen molar-refractivity contribution < 1.29 is 51.5 Å². The van der Waals surface area contributed by atoms with Gasteiger partial charge in [0.25, 0.3) is 0 Å². The molecule has 0 rings (SSSR count). The van der Waals surface area contributed by atoms with Gasteiger partial charge in [-0.15, -0.1) is 0 Å². The van der Waals surface area contributed by atoms with Gasteiger partial charge in [-0.1, -0.05) is 0 Å². The van der Waals surface area contributed by atoms with Crippen LogP contribution in [0, 0.1) is 41.3 Å². The van der Waals surface area contributed by atoms with E-state index in [9.17, 15) is 0 Å². The molecule has 0 aromatic carbocycles. The van der Waals surface area contributed by atoms with Gasteiger partial charge in [0.2, 0.25) is 0 Å². The van der Waals surface area contributed by atoms with E-state index in [4.69, 9.17) is 10.2 Å². The van der Waals surface area contributed by atoms with Gasteiger partial charge in [-0.3, -0.25) is 0 Å². The average Bonchev–Trinajstić information content (AvgIpc) is 1.46. The Morgan fingerprint density at radius 1 is 1.33 bits per heavy atom. The summed E-state index contributed by atoms with van der Waals surface area (Å²) in [4.78, 5) is 0. The first-order valence-corrected chi connectivity index (χ1v) is 1.47. The molecular formula is C3H10O2Pr. The van der Waals surface area contributed by atoms with Gasteiger partial charge in [-0.05, 0) is 6.92 Å². The number of aliphatic hydroxyl groups excluding tert-OH is 2. The topological polar surface area (TPSA) is 40.5 Å². The molecule has 0 aromatic heterocycles. The van der Waals surface area contributed by atoms with Crippen LogP contribution in [0.4, 0.5) is 0 Å². The maximum atomic E-state index is 7.57. The zero-order chi connectivity index (χ0) is 4.71. The van der Waals surface area contributed by atoms with E-state index in [1.54, 1.807) is 6.92 Å².